The Hall–Kier alpha value is -2.23. The number of hydrogen-bond acceptors (Lipinski definition) is 2. The number of nitrogen functional groups attached to an aromatic ring is 2. The molecule has 0 saturated carbocycles. The lowest BCUT2D eigenvalue weighted by Crippen LogP contribution is -1.95. The van der Waals surface area contributed by atoms with Crippen LogP contribution in [0.2, 0.25) is 0 Å². The molecule has 1 aromatic heterocycles. The summed E-state index contributed by atoms with van der Waals surface area (Å²) in [4.78, 5) is 3.14. The predicted octanol–water partition coefficient (Wildman–Crippen LogP) is 2.62. The van der Waals surface area contributed by atoms with Crippen LogP contribution in [0.4, 0.5) is 15.8 Å². The van der Waals surface area contributed by atoms with Crippen molar-refractivity contribution in [1.29, 1.82) is 0 Å². The van der Waals surface area contributed by atoms with Crippen molar-refractivity contribution in [2.45, 2.75) is 0 Å². The van der Waals surface area contributed by atoms with Gasteiger partial charge in [-0.15, -0.1) is 0 Å². The van der Waals surface area contributed by atoms with Gasteiger partial charge in [-0.2, -0.15) is 0 Å². The maximum absolute atomic E-state index is 13.5. The van der Waals surface area contributed by atoms with Crippen LogP contribution in [0.5, 0.6) is 0 Å². The molecular weight excluding hydrogens is 205 g/mol. The van der Waals surface area contributed by atoms with Gasteiger partial charge in [-0.1, -0.05) is 18.2 Å². The summed E-state index contributed by atoms with van der Waals surface area (Å²) in [5.41, 5.74) is 13.6. The van der Waals surface area contributed by atoms with E-state index in [1.54, 1.807) is 0 Å². The predicted molar refractivity (Wildman–Crippen MR) is 64.6 cm³/mol. The molecule has 0 radical (unpaired) electrons. The van der Waals surface area contributed by atoms with Crippen LogP contribution in [0.15, 0.2) is 30.3 Å². The highest BCUT2D eigenvalue weighted by Gasteiger charge is 2.13. The molecule has 0 amide bonds. The summed E-state index contributed by atoms with van der Waals surface area (Å²) in [5.74, 6) is -0.477. The van der Waals surface area contributed by atoms with Crippen LogP contribution in [-0.2, 0) is 0 Å². The summed E-state index contributed by atoms with van der Waals surface area (Å²) in [6.07, 6.45) is 0. The average Bonchev–Trinajstić information content (AvgIpc) is 2.66. The Bertz CT molecular complexity index is 700. The number of benzene rings is 2. The second-order valence-electron chi connectivity index (χ2n) is 3.78. The van der Waals surface area contributed by atoms with E-state index >= 15 is 0 Å². The van der Waals surface area contributed by atoms with Crippen LogP contribution < -0.4 is 11.5 Å². The van der Waals surface area contributed by atoms with Gasteiger partial charge in [-0.05, 0) is 6.07 Å². The molecule has 2 aromatic carbocycles. The Balaban J connectivity index is 2.66. The number of nitrogens with one attached hydrogen (secondary N) is 1. The molecule has 0 bridgehead atoms. The number of anilines is 2. The minimum absolute atomic E-state index is 0.140. The maximum atomic E-state index is 13.5. The molecule has 3 rings (SSSR count). The number of para-hydroxylation sites is 1. The fraction of sp³-hybridized carbons (Fsp3) is 0. The van der Waals surface area contributed by atoms with Crippen molar-refractivity contribution >= 4 is 33.2 Å². The zero-order valence-electron chi connectivity index (χ0n) is 8.42. The first-order valence-electron chi connectivity index (χ1n) is 4.92. The van der Waals surface area contributed by atoms with Gasteiger partial charge in [0.15, 0.2) is 0 Å². The molecule has 4 heteroatoms. The number of rotatable bonds is 0. The Morgan fingerprint density at radius 3 is 2.69 bits per heavy atom. The smallest absolute Gasteiger partial charge is 0.148 e. The highest BCUT2D eigenvalue weighted by molar-refractivity contribution is 6.16. The Kier molecular flexibility index (Phi) is 1.63. The van der Waals surface area contributed by atoms with Crippen LogP contribution in [0.25, 0.3) is 21.8 Å². The second kappa shape index (κ2) is 2.88. The third-order valence-corrected chi connectivity index (χ3v) is 2.80. The fourth-order valence-electron chi connectivity index (χ4n) is 2.04. The van der Waals surface area contributed by atoms with Gasteiger partial charge in [0.05, 0.1) is 16.9 Å². The van der Waals surface area contributed by atoms with Gasteiger partial charge in [-0.25, -0.2) is 4.39 Å². The van der Waals surface area contributed by atoms with Gasteiger partial charge in [0, 0.05) is 22.4 Å². The fourth-order valence-corrected chi connectivity index (χ4v) is 2.04. The van der Waals surface area contributed by atoms with Crippen LogP contribution in [0.1, 0.15) is 0 Å². The molecule has 5 N–H and O–H groups in total. The monoisotopic (exact) mass is 215 g/mol. The molecule has 3 nitrogen and oxygen atoms in total. The highest BCUT2D eigenvalue weighted by Crippen LogP contribution is 2.34. The van der Waals surface area contributed by atoms with E-state index in [-0.39, 0.29) is 5.69 Å². The molecule has 3 aromatic rings. The summed E-state index contributed by atoms with van der Waals surface area (Å²) < 4.78 is 13.5. The third kappa shape index (κ3) is 1.01. The van der Waals surface area contributed by atoms with Gasteiger partial charge in [0.1, 0.15) is 5.82 Å². The van der Waals surface area contributed by atoms with E-state index in [1.807, 2.05) is 24.3 Å². The van der Waals surface area contributed by atoms with Crippen molar-refractivity contribution in [3.8, 4) is 0 Å². The standard InChI is InChI=1S/C12H10FN3/c13-7-5-8(14)12-10(11(7)15)6-3-1-2-4-9(6)16-12/h1-5,16H,14-15H2. The van der Waals surface area contributed by atoms with Gasteiger partial charge in [0.2, 0.25) is 0 Å². The van der Waals surface area contributed by atoms with E-state index in [1.165, 1.54) is 6.07 Å². The minimum Gasteiger partial charge on any atom is -0.397 e. The average molecular weight is 215 g/mol. The molecule has 0 unspecified atom stereocenters. The summed E-state index contributed by atoms with van der Waals surface area (Å²) in [5, 5.41) is 1.55. The first kappa shape index (κ1) is 9.03. The molecular formula is C12H10FN3. The molecule has 0 spiro atoms. The van der Waals surface area contributed by atoms with Crippen molar-refractivity contribution in [3.05, 3.63) is 36.1 Å². The summed E-state index contributed by atoms with van der Waals surface area (Å²) in [7, 11) is 0. The highest BCUT2D eigenvalue weighted by atomic mass is 19.1. The van der Waals surface area contributed by atoms with Crippen LogP contribution in [-0.4, -0.2) is 4.98 Å². The van der Waals surface area contributed by atoms with E-state index in [0.717, 1.165) is 10.9 Å². The molecule has 0 aliphatic carbocycles. The second-order valence-corrected chi connectivity index (χ2v) is 3.78. The van der Waals surface area contributed by atoms with Gasteiger partial charge < -0.3 is 16.5 Å². The van der Waals surface area contributed by atoms with Gasteiger partial charge in [0.25, 0.3) is 0 Å². The molecule has 16 heavy (non-hydrogen) atoms. The minimum atomic E-state index is -0.477. The van der Waals surface area contributed by atoms with Crippen molar-refractivity contribution in [1.82, 2.24) is 4.98 Å². The molecule has 0 atom stereocenters. The summed E-state index contributed by atoms with van der Waals surface area (Å²) in [6, 6.07) is 8.83. The number of aromatic nitrogens is 1. The number of aromatic amines is 1. The topological polar surface area (TPSA) is 67.8 Å². The van der Waals surface area contributed by atoms with Crippen molar-refractivity contribution in [2.75, 3.05) is 11.5 Å². The van der Waals surface area contributed by atoms with Gasteiger partial charge >= 0.3 is 0 Å². The lowest BCUT2D eigenvalue weighted by Gasteiger charge is -2.02. The van der Waals surface area contributed by atoms with E-state index in [4.69, 9.17) is 11.5 Å². The van der Waals surface area contributed by atoms with E-state index in [2.05, 4.69) is 4.98 Å². The molecule has 1 heterocycles. The lowest BCUT2D eigenvalue weighted by atomic mass is 10.1. The van der Waals surface area contributed by atoms with E-state index in [0.29, 0.717) is 16.6 Å². The zero-order valence-corrected chi connectivity index (χ0v) is 8.42. The molecule has 80 valence electrons. The molecule has 0 saturated heterocycles. The van der Waals surface area contributed by atoms with E-state index in [9.17, 15) is 4.39 Å². The summed E-state index contributed by atoms with van der Waals surface area (Å²) in [6.45, 7) is 0. The Labute approximate surface area is 90.8 Å². The molecule has 0 aliphatic rings. The number of fused-ring (bicyclic) bond motifs is 3. The SMILES string of the molecule is Nc1cc(F)c(N)c2c1[nH]c1ccccc12. The quantitative estimate of drug-likeness (QED) is 0.504. The number of H-pyrrole nitrogens is 1. The van der Waals surface area contributed by atoms with Gasteiger partial charge in [-0.3, -0.25) is 0 Å². The van der Waals surface area contributed by atoms with Crippen LogP contribution in [0, 0.1) is 5.82 Å². The Morgan fingerprint density at radius 1 is 1.12 bits per heavy atom. The molecule has 0 aliphatic heterocycles. The van der Waals surface area contributed by atoms with E-state index < -0.39 is 5.82 Å². The first-order chi connectivity index (χ1) is 7.68. The van der Waals surface area contributed by atoms with Crippen LogP contribution >= 0.6 is 0 Å². The molecule has 0 fully saturated rings. The van der Waals surface area contributed by atoms with Crippen molar-refractivity contribution < 1.29 is 4.39 Å². The van der Waals surface area contributed by atoms with Crippen LogP contribution in [0.3, 0.4) is 0 Å². The summed E-state index contributed by atoms with van der Waals surface area (Å²) >= 11 is 0. The zero-order chi connectivity index (χ0) is 11.3. The largest absolute Gasteiger partial charge is 0.397 e. The maximum Gasteiger partial charge on any atom is 0.148 e. The van der Waals surface area contributed by atoms with Crippen molar-refractivity contribution in [2.24, 2.45) is 0 Å². The third-order valence-electron chi connectivity index (χ3n) is 2.80. The number of hydrogen-bond donors (Lipinski definition) is 3. The van der Waals surface area contributed by atoms with Crippen molar-refractivity contribution in [3.63, 3.8) is 0 Å². The lowest BCUT2D eigenvalue weighted by molar-refractivity contribution is 0.635. The normalized spacial score (nSPS) is 11.3. The number of halogens is 1. The Morgan fingerprint density at radius 2 is 1.88 bits per heavy atom. The number of nitrogens with two attached hydrogens (primary N) is 2. The first-order valence-corrected chi connectivity index (χ1v) is 4.92.